The molecule has 2 amide bonds. The van der Waals surface area contributed by atoms with E-state index in [2.05, 4.69) is 10.3 Å². The van der Waals surface area contributed by atoms with Gasteiger partial charge in [0.05, 0.1) is 5.69 Å². The van der Waals surface area contributed by atoms with Gasteiger partial charge in [-0.3, -0.25) is 9.59 Å². The van der Waals surface area contributed by atoms with E-state index in [0.717, 1.165) is 25.9 Å². The van der Waals surface area contributed by atoms with Gasteiger partial charge in [0.15, 0.2) is 5.69 Å². The second-order valence-electron chi connectivity index (χ2n) is 4.84. The molecular weight excluding hydrogens is 246 g/mol. The van der Waals surface area contributed by atoms with Crippen LogP contribution in [0.2, 0.25) is 0 Å². The summed E-state index contributed by atoms with van der Waals surface area (Å²) in [4.78, 5) is 25.1. The molecule has 0 saturated carbocycles. The summed E-state index contributed by atoms with van der Waals surface area (Å²) in [6, 6.07) is 0. The molecule has 1 fully saturated rings. The van der Waals surface area contributed by atoms with E-state index in [1.807, 2.05) is 4.90 Å². The molecule has 104 valence electrons. The quantitative estimate of drug-likeness (QED) is 0.837. The van der Waals surface area contributed by atoms with Crippen molar-refractivity contribution in [1.29, 1.82) is 0 Å². The highest BCUT2D eigenvalue weighted by Gasteiger charge is 2.19. The summed E-state index contributed by atoms with van der Waals surface area (Å²) in [6.07, 6.45) is 4.46. The Morgan fingerprint density at radius 2 is 1.84 bits per heavy atom. The summed E-state index contributed by atoms with van der Waals surface area (Å²) in [6.45, 7) is 3.41. The van der Waals surface area contributed by atoms with Crippen molar-refractivity contribution in [3.05, 3.63) is 11.4 Å². The zero-order chi connectivity index (χ0) is 13.8. The van der Waals surface area contributed by atoms with E-state index < -0.39 is 5.91 Å². The molecule has 0 spiro atoms. The fourth-order valence-corrected chi connectivity index (χ4v) is 2.29. The maximum absolute atomic E-state index is 12.2. The molecule has 2 rings (SSSR count). The molecule has 7 heteroatoms. The van der Waals surface area contributed by atoms with E-state index in [4.69, 9.17) is 5.73 Å². The summed E-state index contributed by atoms with van der Waals surface area (Å²) >= 11 is 0. The van der Waals surface area contributed by atoms with Crippen LogP contribution in [0.1, 0.15) is 41.9 Å². The summed E-state index contributed by atoms with van der Waals surface area (Å²) in [5.74, 6) is -0.600. The lowest BCUT2D eigenvalue weighted by atomic mass is 10.2. The van der Waals surface area contributed by atoms with Crippen molar-refractivity contribution in [2.45, 2.75) is 39.2 Å². The smallest absolute Gasteiger partial charge is 0.271 e. The average Bonchev–Trinajstić information content (AvgIpc) is 2.60. The van der Waals surface area contributed by atoms with Crippen molar-refractivity contribution in [2.75, 3.05) is 13.1 Å². The molecule has 0 aliphatic carbocycles. The topological polar surface area (TPSA) is 94.1 Å². The van der Waals surface area contributed by atoms with Crippen LogP contribution >= 0.6 is 0 Å². The molecular formula is C12H19N5O2. The van der Waals surface area contributed by atoms with Crippen molar-refractivity contribution in [3.63, 3.8) is 0 Å². The lowest BCUT2D eigenvalue weighted by Gasteiger charge is -2.20. The fraction of sp³-hybridized carbons (Fsp3) is 0.667. The van der Waals surface area contributed by atoms with E-state index in [9.17, 15) is 9.59 Å². The Morgan fingerprint density at radius 1 is 1.21 bits per heavy atom. The van der Waals surface area contributed by atoms with E-state index >= 15 is 0 Å². The highest BCUT2D eigenvalue weighted by atomic mass is 16.2. The van der Waals surface area contributed by atoms with Crippen LogP contribution in [0, 0.1) is 6.92 Å². The first-order chi connectivity index (χ1) is 9.09. The largest absolute Gasteiger partial charge is 0.364 e. The van der Waals surface area contributed by atoms with Crippen molar-refractivity contribution in [1.82, 2.24) is 19.9 Å². The van der Waals surface area contributed by atoms with Crippen LogP contribution < -0.4 is 5.73 Å². The molecule has 1 aliphatic heterocycles. The van der Waals surface area contributed by atoms with Crippen LogP contribution in [0.25, 0.3) is 0 Å². The van der Waals surface area contributed by atoms with Crippen LogP contribution in [0.15, 0.2) is 0 Å². The number of hydrogen-bond acceptors (Lipinski definition) is 4. The Labute approximate surface area is 111 Å². The van der Waals surface area contributed by atoms with Gasteiger partial charge in [-0.1, -0.05) is 18.1 Å². The monoisotopic (exact) mass is 265 g/mol. The van der Waals surface area contributed by atoms with Gasteiger partial charge in [-0.25, -0.2) is 4.68 Å². The lowest BCUT2D eigenvalue weighted by molar-refractivity contribution is -0.132. The molecule has 2 heterocycles. The first kappa shape index (κ1) is 13.5. The number of primary amides is 1. The van der Waals surface area contributed by atoms with E-state index in [-0.39, 0.29) is 18.1 Å². The number of nitrogens with zero attached hydrogens (tertiary/aromatic N) is 4. The molecule has 0 bridgehead atoms. The van der Waals surface area contributed by atoms with Crippen molar-refractivity contribution in [3.8, 4) is 0 Å². The van der Waals surface area contributed by atoms with Crippen molar-refractivity contribution in [2.24, 2.45) is 5.73 Å². The van der Waals surface area contributed by atoms with Gasteiger partial charge in [0.2, 0.25) is 5.91 Å². The van der Waals surface area contributed by atoms with Crippen molar-refractivity contribution < 1.29 is 9.59 Å². The number of likely N-dealkylation sites (tertiary alicyclic amines) is 1. The van der Waals surface area contributed by atoms with Crippen LogP contribution in [-0.4, -0.2) is 44.8 Å². The number of rotatable bonds is 3. The summed E-state index contributed by atoms with van der Waals surface area (Å²) in [5.41, 5.74) is 5.84. The molecule has 1 aromatic rings. The highest BCUT2D eigenvalue weighted by Crippen LogP contribution is 2.11. The minimum atomic E-state index is -0.619. The second-order valence-corrected chi connectivity index (χ2v) is 4.84. The van der Waals surface area contributed by atoms with Gasteiger partial charge in [0.25, 0.3) is 5.91 Å². The predicted octanol–water partition coefficient (Wildman–Crippen LogP) is 0.0880. The normalized spacial score (nSPS) is 16.2. The Kier molecular flexibility index (Phi) is 4.13. The van der Waals surface area contributed by atoms with Gasteiger partial charge in [0.1, 0.15) is 6.54 Å². The van der Waals surface area contributed by atoms with E-state index in [1.165, 1.54) is 17.5 Å². The van der Waals surface area contributed by atoms with Gasteiger partial charge >= 0.3 is 0 Å². The van der Waals surface area contributed by atoms with Gasteiger partial charge in [0, 0.05) is 13.1 Å². The van der Waals surface area contributed by atoms with Gasteiger partial charge in [-0.05, 0) is 19.8 Å². The lowest BCUT2D eigenvalue weighted by Crippen LogP contribution is -2.35. The van der Waals surface area contributed by atoms with Gasteiger partial charge in [-0.15, -0.1) is 5.10 Å². The molecule has 0 unspecified atom stereocenters. The Hall–Kier alpha value is -1.92. The van der Waals surface area contributed by atoms with Gasteiger partial charge < -0.3 is 10.6 Å². The molecule has 1 saturated heterocycles. The summed E-state index contributed by atoms with van der Waals surface area (Å²) < 4.78 is 1.44. The minimum absolute atomic E-state index is 0.0194. The van der Waals surface area contributed by atoms with E-state index in [1.54, 1.807) is 6.92 Å². The maximum atomic E-state index is 12.2. The fourth-order valence-electron chi connectivity index (χ4n) is 2.29. The molecule has 2 N–H and O–H groups in total. The highest BCUT2D eigenvalue weighted by molar-refractivity contribution is 5.91. The summed E-state index contributed by atoms with van der Waals surface area (Å²) in [7, 11) is 0. The number of nitrogens with two attached hydrogens (primary N) is 1. The number of amides is 2. The molecule has 1 aliphatic rings. The third-order valence-electron chi connectivity index (χ3n) is 3.46. The molecule has 1 aromatic heterocycles. The van der Waals surface area contributed by atoms with Crippen molar-refractivity contribution >= 4 is 11.8 Å². The first-order valence-electron chi connectivity index (χ1n) is 6.57. The molecule has 7 nitrogen and oxygen atoms in total. The third-order valence-corrected chi connectivity index (χ3v) is 3.46. The van der Waals surface area contributed by atoms with Crippen LogP contribution in [0.5, 0.6) is 0 Å². The zero-order valence-electron chi connectivity index (χ0n) is 11.1. The number of hydrogen-bond donors (Lipinski definition) is 1. The van der Waals surface area contributed by atoms with Crippen LogP contribution in [0.4, 0.5) is 0 Å². The first-order valence-corrected chi connectivity index (χ1v) is 6.57. The number of carbonyl (C=O) groups excluding carboxylic acids is 2. The summed E-state index contributed by atoms with van der Waals surface area (Å²) in [5, 5.41) is 7.51. The molecule has 0 radical (unpaired) electrons. The third kappa shape index (κ3) is 3.10. The standard InChI is InChI=1S/C12H19N5O2/c1-9-11(12(13)19)14-15-17(9)8-10(18)16-6-4-2-3-5-7-16/h2-8H2,1H3,(H2,13,19). The average molecular weight is 265 g/mol. The Morgan fingerprint density at radius 3 is 2.37 bits per heavy atom. The maximum Gasteiger partial charge on any atom is 0.271 e. The minimum Gasteiger partial charge on any atom is -0.364 e. The number of aromatic nitrogens is 3. The van der Waals surface area contributed by atoms with Crippen LogP contribution in [-0.2, 0) is 11.3 Å². The Balaban J connectivity index is 2.04. The SMILES string of the molecule is Cc1c(C(N)=O)nnn1CC(=O)N1CCCCCC1. The predicted molar refractivity (Wildman–Crippen MR) is 68.3 cm³/mol. The van der Waals surface area contributed by atoms with Crippen LogP contribution in [0.3, 0.4) is 0 Å². The Bertz CT molecular complexity index is 474. The zero-order valence-corrected chi connectivity index (χ0v) is 11.1. The molecule has 0 aromatic carbocycles. The van der Waals surface area contributed by atoms with E-state index in [0.29, 0.717) is 5.69 Å². The molecule has 0 atom stereocenters. The van der Waals surface area contributed by atoms with Gasteiger partial charge in [-0.2, -0.15) is 0 Å². The number of carbonyl (C=O) groups is 2. The second kappa shape index (κ2) is 5.81. The molecule has 19 heavy (non-hydrogen) atoms.